The van der Waals surface area contributed by atoms with Gasteiger partial charge in [0.1, 0.15) is 6.54 Å². The SMILES string of the molecule is CC(C)CCNC(=O)Cn1nnc(-c2ccccc2Br)n1. The fourth-order valence-corrected chi connectivity index (χ4v) is 2.21. The first-order valence-electron chi connectivity index (χ1n) is 6.85. The number of halogens is 1. The summed E-state index contributed by atoms with van der Waals surface area (Å²) >= 11 is 3.44. The Balaban J connectivity index is 1.94. The number of hydrogen-bond donors (Lipinski definition) is 1. The van der Waals surface area contributed by atoms with Gasteiger partial charge in [-0.1, -0.05) is 41.9 Å². The third kappa shape index (κ3) is 4.63. The summed E-state index contributed by atoms with van der Waals surface area (Å²) in [6.07, 6.45) is 0.957. The predicted octanol–water partition coefficient (Wildman–Crippen LogP) is 2.26. The Hall–Kier alpha value is -1.76. The van der Waals surface area contributed by atoms with Crippen molar-refractivity contribution < 1.29 is 4.79 Å². The number of hydrogen-bond acceptors (Lipinski definition) is 4. The molecule has 1 N–H and O–H groups in total. The summed E-state index contributed by atoms with van der Waals surface area (Å²) in [5.74, 6) is 0.959. The molecule has 1 amide bonds. The minimum atomic E-state index is -0.105. The lowest BCUT2D eigenvalue weighted by Gasteiger charge is -2.06. The highest BCUT2D eigenvalue weighted by atomic mass is 79.9. The number of rotatable bonds is 6. The average Bonchev–Trinajstić information content (AvgIpc) is 2.87. The minimum Gasteiger partial charge on any atom is -0.354 e. The number of carbonyl (C=O) groups is 1. The van der Waals surface area contributed by atoms with Crippen molar-refractivity contribution in [2.45, 2.75) is 26.8 Å². The average molecular weight is 352 g/mol. The third-order valence-electron chi connectivity index (χ3n) is 2.90. The van der Waals surface area contributed by atoms with Gasteiger partial charge in [-0.25, -0.2) is 0 Å². The lowest BCUT2D eigenvalue weighted by atomic mass is 10.1. The number of benzene rings is 1. The standard InChI is InChI=1S/C14H18BrN5O/c1-10(2)7-8-16-13(21)9-20-18-14(17-19-20)11-5-3-4-6-12(11)15/h3-6,10H,7-9H2,1-2H3,(H,16,21). The lowest BCUT2D eigenvalue weighted by molar-refractivity contribution is -0.122. The number of tetrazole rings is 1. The minimum absolute atomic E-state index is 0.0789. The normalized spacial score (nSPS) is 10.9. The van der Waals surface area contributed by atoms with Gasteiger partial charge in [-0.2, -0.15) is 4.80 Å². The molecular weight excluding hydrogens is 334 g/mol. The molecule has 0 spiro atoms. The van der Waals surface area contributed by atoms with E-state index in [9.17, 15) is 4.79 Å². The van der Waals surface area contributed by atoms with Crippen LogP contribution in [0.15, 0.2) is 28.7 Å². The van der Waals surface area contributed by atoms with Crippen molar-refractivity contribution in [2.75, 3.05) is 6.54 Å². The summed E-state index contributed by atoms with van der Waals surface area (Å²) in [6.45, 7) is 4.99. The largest absolute Gasteiger partial charge is 0.354 e. The number of amides is 1. The Morgan fingerprint density at radius 1 is 1.38 bits per heavy atom. The molecule has 112 valence electrons. The summed E-state index contributed by atoms with van der Waals surface area (Å²) in [7, 11) is 0. The first kappa shape index (κ1) is 15.6. The van der Waals surface area contributed by atoms with Gasteiger partial charge in [0, 0.05) is 16.6 Å². The molecule has 0 aliphatic heterocycles. The van der Waals surface area contributed by atoms with Crippen LogP contribution < -0.4 is 5.32 Å². The van der Waals surface area contributed by atoms with E-state index in [0.717, 1.165) is 16.5 Å². The fourth-order valence-electron chi connectivity index (χ4n) is 1.75. The summed E-state index contributed by atoms with van der Waals surface area (Å²) in [5.41, 5.74) is 0.851. The van der Waals surface area contributed by atoms with Crippen LogP contribution >= 0.6 is 15.9 Å². The number of nitrogens with one attached hydrogen (secondary N) is 1. The van der Waals surface area contributed by atoms with E-state index in [2.05, 4.69) is 50.5 Å². The Bertz CT molecular complexity index is 611. The summed E-state index contributed by atoms with van der Waals surface area (Å²) in [5, 5.41) is 15.0. The highest BCUT2D eigenvalue weighted by Gasteiger charge is 2.11. The highest BCUT2D eigenvalue weighted by Crippen LogP contribution is 2.23. The van der Waals surface area contributed by atoms with Crippen molar-refractivity contribution in [2.24, 2.45) is 5.92 Å². The second kappa shape index (κ2) is 7.31. The van der Waals surface area contributed by atoms with E-state index in [1.165, 1.54) is 4.80 Å². The van der Waals surface area contributed by atoms with Crippen molar-refractivity contribution in [1.82, 2.24) is 25.5 Å². The van der Waals surface area contributed by atoms with Crippen LogP contribution in [0.3, 0.4) is 0 Å². The zero-order chi connectivity index (χ0) is 15.2. The molecule has 1 aromatic carbocycles. The van der Waals surface area contributed by atoms with Crippen LogP contribution in [0.25, 0.3) is 11.4 Å². The third-order valence-corrected chi connectivity index (χ3v) is 3.59. The van der Waals surface area contributed by atoms with Gasteiger partial charge in [-0.3, -0.25) is 4.79 Å². The van der Waals surface area contributed by atoms with E-state index < -0.39 is 0 Å². The lowest BCUT2D eigenvalue weighted by Crippen LogP contribution is -2.29. The molecule has 1 aromatic heterocycles. The molecule has 21 heavy (non-hydrogen) atoms. The maximum Gasteiger partial charge on any atom is 0.243 e. The Labute approximate surface area is 132 Å². The molecule has 6 nitrogen and oxygen atoms in total. The van der Waals surface area contributed by atoms with Gasteiger partial charge in [-0.05, 0) is 29.7 Å². The van der Waals surface area contributed by atoms with Gasteiger partial charge in [0.2, 0.25) is 11.7 Å². The van der Waals surface area contributed by atoms with Gasteiger partial charge in [0.15, 0.2) is 0 Å². The molecule has 0 aliphatic rings. The first-order valence-corrected chi connectivity index (χ1v) is 7.65. The number of carbonyl (C=O) groups excluding carboxylic acids is 1. The maximum absolute atomic E-state index is 11.8. The molecule has 0 bridgehead atoms. The zero-order valence-electron chi connectivity index (χ0n) is 12.1. The van der Waals surface area contributed by atoms with Crippen molar-refractivity contribution in [3.63, 3.8) is 0 Å². The molecule has 0 fully saturated rings. The van der Waals surface area contributed by atoms with Crippen LogP contribution in [0.2, 0.25) is 0 Å². The van der Waals surface area contributed by atoms with Crippen molar-refractivity contribution in [1.29, 1.82) is 0 Å². The molecule has 0 radical (unpaired) electrons. The quantitative estimate of drug-likeness (QED) is 0.866. The highest BCUT2D eigenvalue weighted by molar-refractivity contribution is 9.10. The van der Waals surface area contributed by atoms with Crippen LogP contribution in [0.1, 0.15) is 20.3 Å². The Morgan fingerprint density at radius 3 is 2.86 bits per heavy atom. The molecule has 0 unspecified atom stereocenters. The van der Waals surface area contributed by atoms with Gasteiger partial charge in [0.25, 0.3) is 0 Å². The molecule has 2 rings (SSSR count). The van der Waals surface area contributed by atoms with Gasteiger partial charge >= 0.3 is 0 Å². The van der Waals surface area contributed by atoms with E-state index >= 15 is 0 Å². The smallest absolute Gasteiger partial charge is 0.243 e. The molecular formula is C14H18BrN5O. The van der Waals surface area contributed by atoms with Crippen molar-refractivity contribution in [3.8, 4) is 11.4 Å². The van der Waals surface area contributed by atoms with Crippen LogP contribution in [-0.4, -0.2) is 32.7 Å². The molecule has 0 aliphatic carbocycles. The second-order valence-corrected chi connectivity index (χ2v) is 6.01. The topological polar surface area (TPSA) is 72.7 Å². The molecule has 0 saturated heterocycles. The molecule has 2 aromatic rings. The molecule has 0 atom stereocenters. The Kier molecular flexibility index (Phi) is 5.44. The van der Waals surface area contributed by atoms with Crippen LogP contribution in [0, 0.1) is 5.92 Å². The number of nitrogens with zero attached hydrogens (tertiary/aromatic N) is 4. The summed E-state index contributed by atoms with van der Waals surface area (Å²) in [4.78, 5) is 13.1. The van der Waals surface area contributed by atoms with E-state index in [4.69, 9.17) is 0 Å². The number of aromatic nitrogens is 4. The van der Waals surface area contributed by atoms with Crippen LogP contribution in [-0.2, 0) is 11.3 Å². The van der Waals surface area contributed by atoms with E-state index in [1.54, 1.807) is 0 Å². The van der Waals surface area contributed by atoms with Gasteiger partial charge < -0.3 is 5.32 Å². The molecule has 1 heterocycles. The second-order valence-electron chi connectivity index (χ2n) is 5.16. The molecule has 0 saturated carbocycles. The van der Waals surface area contributed by atoms with E-state index in [1.807, 2.05) is 24.3 Å². The fraction of sp³-hybridized carbons (Fsp3) is 0.429. The van der Waals surface area contributed by atoms with Crippen molar-refractivity contribution >= 4 is 21.8 Å². The first-order chi connectivity index (χ1) is 10.1. The van der Waals surface area contributed by atoms with Gasteiger partial charge in [0.05, 0.1) is 0 Å². The Morgan fingerprint density at radius 2 is 2.14 bits per heavy atom. The monoisotopic (exact) mass is 351 g/mol. The molecule has 7 heteroatoms. The van der Waals surface area contributed by atoms with Gasteiger partial charge in [-0.15, -0.1) is 10.2 Å². The van der Waals surface area contributed by atoms with E-state index in [-0.39, 0.29) is 12.5 Å². The van der Waals surface area contributed by atoms with E-state index in [0.29, 0.717) is 18.3 Å². The maximum atomic E-state index is 11.8. The summed E-state index contributed by atoms with van der Waals surface area (Å²) in [6, 6.07) is 7.63. The summed E-state index contributed by atoms with van der Waals surface area (Å²) < 4.78 is 0.894. The zero-order valence-corrected chi connectivity index (χ0v) is 13.7. The van der Waals surface area contributed by atoms with Crippen LogP contribution in [0.5, 0.6) is 0 Å². The van der Waals surface area contributed by atoms with Crippen LogP contribution in [0.4, 0.5) is 0 Å². The predicted molar refractivity (Wildman–Crippen MR) is 83.4 cm³/mol. The van der Waals surface area contributed by atoms with Crippen molar-refractivity contribution in [3.05, 3.63) is 28.7 Å².